The minimum Gasteiger partial charge on any atom is -0.465 e. The molecular formula is C27H18Br2O3. The molecule has 158 valence electrons. The van der Waals surface area contributed by atoms with Crippen LogP contribution < -0.4 is 0 Å². The predicted molar refractivity (Wildman–Crippen MR) is 134 cm³/mol. The number of hydrogen-bond acceptors (Lipinski definition) is 3. The quantitative estimate of drug-likeness (QED) is 0.190. The van der Waals surface area contributed by atoms with Crippen LogP contribution >= 0.6 is 31.9 Å². The van der Waals surface area contributed by atoms with Gasteiger partial charge in [0, 0.05) is 20.1 Å². The third-order valence-corrected chi connectivity index (χ3v) is 6.12. The number of ether oxygens (including phenoxy) is 1. The Morgan fingerprint density at radius 2 is 1.25 bits per heavy atom. The third-order valence-electron chi connectivity index (χ3n) is 5.13. The molecule has 0 radical (unpaired) electrons. The average Bonchev–Trinajstić information content (AvgIpc) is 2.82. The van der Waals surface area contributed by atoms with E-state index in [0.717, 1.165) is 25.6 Å². The fraction of sp³-hybridized carbons (Fsp3) is 0.0370. The van der Waals surface area contributed by atoms with Gasteiger partial charge in [0.15, 0.2) is 5.78 Å². The van der Waals surface area contributed by atoms with Crippen LogP contribution in [0.2, 0.25) is 0 Å². The van der Waals surface area contributed by atoms with Gasteiger partial charge in [0.2, 0.25) is 0 Å². The summed E-state index contributed by atoms with van der Waals surface area (Å²) in [6, 6.07) is 28.1. The van der Waals surface area contributed by atoms with Crippen molar-refractivity contribution in [2.24, 2.45) is 0 Å². The summed E-state index contributed by atoms with van der Waals surface area (Å²) in [5, 5.41) is 0. The number of benzene rings is 4. The van der Waals surface area contributed by atoms with Gasteiger partial charge in [-0.05, 0) is 52.6 Å². The number of carbonyl (C=O) groups excluding carboxylic acids is 2. The fourth-order valence-electron chi connectivity index (χ4n) is 3.62. The van der Waals surface area contributed by atoms with Crippen molar-refractivity contribution in [3.05, 3.63) is 117 Å². The molecule has 4 aromatic rings. The fourth-order valence-corrected chi connectivity index (χ4v) is 4.41. The molecule has 0 aliphatic heterocycles. The lowest BCUT2D eigenvalue weighted by atomic mass is 9.91. The number of rotatable bonds is 5. The molecule has 4 rings (SSSR count). The van der Waals surface area contributed by atoms with Crippen molar-refractivity contribution < 1.29 is 14.3 Å². The summed E-state index contributed by atoms with van der Waals surface area (Å²) in [5.74, 6) is -0.651. The second-order valence-corrected chi connectivity index (χ2v) is 8.98. The number of hydrogen-bond donors (Lipinski definition) is 0. The molecule has 4 aromatic carbocycles. The molecule has 0 unspecified atom stereocenters. The zero-order valence-corrected chi connectivity index (χ0v) is 20.3. The van der Waals surface area contributed by atoms with Crippen LogP contribution in [0.5, 0.6) is 0 Å². The molecule has 0 saturated carbocycles. The maximum Gasteiger partial charge on any atom is 0.338 e. The molecule has 0 amide bonds. The molecule has 0 aliphatic carbocycles. The van der Waals surface area contributed by atoms with Crippen molar-refractivity contribution in [1.29, 1.82) is 0 Å². The summed E-state index contributed by atoms with van der Waals surface area (Å²) in [6.45, 7) is 0. The number of carbonyl (C=O) groups is 2. The number of methoxy groups -OCH3 is 1. The molecule has 0 heterocycles. The Kier molecular flexibility index (Phi) is 6.68. The molecule has 0 spiro atoms. The summed E-state index contributed by atoms with van der Waals surface area (Å²) in [5.41, 5.74) is 4.65. The van der Waals surface area contributed by atoms with Gasteiger partial charge in [-0.15, -0.1) is 0 Å². The van der Waals surface area contributed by atoms with E-state index in [0.29, 0.717) is 22.3 Å². The van der Waals surface area contributed by atoms with E-state index in [2.05, 4.69) is 31.9 Å². The van der Waals surface area contributed by atoms with Gasteiger partial charge in [-0.3, -0.25) is 4.79 Å². The Balaban J connectivity index is 1.82. The van der Waals surface area contributed by atoms with E-state index in [1.165, 1.54) is 7.11 Å². The Bertz CT molecular complexity index is 1330. The van der Waals surface area contributed by atoms with Gasteiger partial charge < -0.3 is 4.74 Å². The Morgan fingerprint density at radius 1 is 0.656 bits per heavy atom. The standard InChI is InChI=1S/C27H18Br2O3/c1-32-27(31)25-16-19(12-13-23(25)18-7-5-9-21(29)15-18)26(30)24-11-3-2-10-22(24)17-6-4-8-20(28)14-17/h2-16H,1H3. The first kappa shape index (κ1) is 22.2. The number of esters is 1. The van der Waals surface area contributed by atoms with Gasteiger partial charge in [0.05, 0.1) is 12.7 Å². The van der Waals surface area contributed by atoms with Crippen molar-refractivity contribution in [2.45, 2.75) is 0 Å². The van der Waals surface area contributed by atoms with E-state index in [4.69, 9.17) is 4.74 Å². The Morgan fingerprint density at radius 3 is 1.84 bits per heavy atom. The Labute approximate surface area is 203 Å². The predicted octanol–water partition coefficient (Wildman–Crippen LogP) is 7.56. The van der Waals surface area contributed by atoms with E-state index >= 15 is 0 Å². The van der Waals surface area contributed by atoms with Crippen LogP contribution in [0.25, 0.3) is 22.3 Å². The van der Waals surface area contributed by atoms with Crippen LogP contribution in [0.4, 0.5) is 0 Å². The van der Waals surface area contributed by atoms with Gasteiger partial charge in [-0.1, -0.05) is 92.5 Å². The van der Waals surface area contributed by atoms with Gasteiger partial charge in [-0.25, -0.2) is 4.79 Å². The summed E-state index contributed by atoms with van der Waals surface area (Å²) >= 11 is 6.96. The third kappa shape index (κ3) is 4.59. The lowest BCUT2D eigenvalue weighted by molar-refractivity contribution is 0.0601. The first-order valence-corrected chi connectivity index (χ1v) is 11.4. The van der Waals surface area contributed by atoms with Crippen molar-refractivity contribution >= 4 is 43.6 Å². The zero-order chi connectivity index (χ0) is 22.7. The van der Waals surface area contributed by atoms with Crippen LogP contribution in [0.3, 0.4) is 0 Å². The van der Waals surface area contributed by atoms with Crippen LogP contribution in [0.15, 0.2) is 99.9 Å². The molecule has 0 bridgehead atoms. The zero-order valence-electron chi connectivity index (χ0n) is 17.1. The maximum absolute atomic E-state index is 13.5. The van der Waals surface area contributed by atoms with Crippen molar-refractivity contribution in [1.82, 2.24) is 0 Å². The molecule has 0 atom stereocenters. The summed E-state index contributed by atoms with van der Waals surface area (Å²) in [6.07, 6.45) is 0. The first-order chi connectivity index (χ1) is 15.5. The summed E-state index contributed by atoms with van der Waals surface area (Å²) in [4.78, 5) is 26.1. The Hall–Kier alpha value is -3.02. The van der Waals surface area contributed by atoms with Crippen LogP contribution in [-0.4, -0.2) is 18.9 Å². The monoisotopic (exact) mass is 548 g/mol. The normalized spacial score (nSPS) is 10.6. The molecule has 0 fully saturated rings. The van der Waals surface area contributed by atoms with E-state index in [1.807, 2.05) is 66.7 Å². The lowest BCUT2D eigenvalue weighted by Gasteiger charge is -2.13. The molecule has 3 nitrogen and oxygen atoms in total. The van der Waals surface area contributed by atoms with Gasteiger partial charge in [-0.2, -0.15) is 0 Å². The smallest absolute Gasteiger partial charge is 0.338 e. The second-order valence-electron chi connectivity index (χ2n) is 7.15. The van der Waals surface area contributed by atoms with Crippen molar-refractivity contribution in [3.63, 3.8) is 0 Å². The molecule has 0 aliphatic rings. The molecule has 0 aromatic heterocycles. The minimum atomic E-state index is -0.491. The highest BCUT2D eigenvalue weighted by molar-refractivity contribution is 9.10. The van der Waals surface area contributed by atoms with Crippen LogP contribution in [0.1, 0.15) is 26.3 Å². The summed E-state index contributed by atoms with van der Waals surface area (Å²) in [7, 11) is 1.34. The minimum absolute atomic E-state index is 0.161. The van der Waals surface area contributed by atoms with Crippen molar-refractivity contribution in [3.8, 4) is 22.3 Å². The largest absolute Gasteiger partial charge is 0.465 e. The molecule has 0 saturated heterocycles. The average molecular weight is 550 g/mol. The molecular weight excluding hydrogens is 532 g/mol. The highest BCUT2D eigenvalue weighted by Gasteiger charge is 2.20. The van der Waals surface area contributed by atoms with Gasteiger partial charge >= 0.3 is 5.97 Å². The highest BCUT2D eigenvalue weighted by atomic mass is 79.9. The number of halogens is 2. The SMILES string of the molecule is COC(=O)c1cc(C(=O)c2ccccc2-c2cccc(Br)c2)ccc1-c1cccc(Br)c1. The topological polar surface area (TPSA) is 43.4 Å². The van der Waals surface area contributed by atoms with E-state index in [1.54, 1.807) is 24.3 Å². The van der Waals surface area contributed by atoms with Crippen LogP contribution in [0, 0.1) is 0 Å². The van der Waals surface area contributed by atoms with Crippen LogP contribution in [-0.2, 0) is 4.74 Å². The second kappa shape index (κ2) is 9.63. The molecule has 0 N–H and O–H groups in total. The van der Waals surface area contributed by atoms with E-state index in [-0.39, 0.29) is 5.78 Å². The van der Waals surface area contributed by atoms with Gasteiger partial charge in [0.1, 0.15) is 0 Å². The lowest BCUT2D eigenvalue weighted by Crippen LogP contribution is -2.09. The maximum atomic E-state index is 13.5. The van der Waals surface area contributed by atoms with Gasteiger partial charge in [0.25, 0.3) is 0 Å². The highest BCUT2D eigenvalue weighted by Crippen LogP contribution is 2.31. The molecule has 5 heteroatoms. The van der Waals surface area contributed by atoms with E-state index < -0.39 is 5.97 Å². The first-order valence-electron chi connectivity index (χ1n) is 9.86. The van der Waals surface area contributed by atoms with E-state index in [9.17, 15) is 9.59 Å². The van der Waals surface area contributed by atoms with Crippen molar-refractivity contribution in [2.75, 3.05) is 7.11 Å². The summed E-state index contributed by atoms with van der Waals surface area (Å²) < 4.78 is 6.84. The number of ketones is 1. The molecule has 32 heavy (non-hydrogen) atoms.